The Hall–Kier alpha value is -2.02. The Kier molecular flexibility index (Phi) is 5.83. The molecular weight excluding hydrogens is 276 g/mol. The van der Waals surface area contributed by atoms with Crippen molar-refractivity contribution in [3.63, 3.8) is 0 Å². The van der Waals surface area contributed by atoms with Crippen LogP contribution in [0.15, 0.2) is 22.1 Å². The van der Waals surface area contributed by atoms with Gasteiger partial charge in [-0.1, -0.05) is 31.9 Å². The molecule has 0 bridgehead atoms. The Morgan fingerprint density at radius 3 is 2.64 bits per heavy atom. The number of aliphatic imine (C=N–C) groups is 2. The van der Waals surface area contributed by atoms with Crippen molar-refractivity contribution in [3.05, 3.63) is 28.8 Å². The molecule has 1 aromatic rings. The van der Waals surface area contributed by atoms with Crippen molar-refractivity contribution < 1.29 is 9.59 Å². The van der Waals surface area contributed by atoms with Crippen molar-refractivity contribution in [1.82, 2.24) is 0 Å². The monoisotopic (exact) mass is 298 g/mol. The van der Waals surface area contributed by atoms with E-state index in [0.717, 1.165) is 48.9 Å². The first kappa shape index (κ1) is 16.4. The van der Waals surface area contributed by atoms with Gasteiger partial charge in [0.25, 0.3) is 0 Å². The van der Waals surface area contributed by atoms with E-state index in [1.807, 2.05) is 6.92 Å². The lowest BCUT2D eigenvalue weighted by Crippen LogP contribution is -2.25. The summed E-state index contributed by atoms with van der Waals surface area (Å²) in [7, 11) is 0. The van der Waals surface area contributed by atoms with Gasteiger partial charge in [0.05, 0.1) is 11.7 Å². The van der Waals surface area contributed by atoms with Crippen LogP contribution in [0.3, 0.4) is 0 Å². The van der Waals surface area contributed by atoms with E-state index in [2.05, 4.69) is 29.0 Å². The van der Waals surface area contributed by atoms with Crippen molar-refractivity contribution in [1.29, 1.82) is 0 Å². The molecule has 0 N–H and O–H groups in total. The maximum Gasteiger partial charge on any atom is 0.240 e. The molecule has 4 heteroatoms. The zero-order chi connectivity index (χ0) is 15.9. The Labute approximate surface area is 131 Å². The van der Waals surface area contributed by atoms with Gasteiger partial charge in [-0.15, -0.1) is 0 Å². The van der Waals surface area contributed by atoms with E-state index in [9.17, 15) is 9.59 Å². The Bertz CT molecular complexity index is 626. The predicted octanol–water partition coefficient (Wildman–Crippen LogP) is 3.96. The number of benzene rings is 1. The Morgan fingerprint density at radius 2 is 1.95 bits per heavy atom. The van der Waals surface area contributed by atoms with Gasteiger partial charge >= 0.3 is 0 Å². The number of aryl methyl sites for hydroxylation is 2. The molecule has 116 valence electrons. The maximum atomic E-state index is 10.6. The fraction of sp³-hybridized carbons (Fsp3) is 0.556. The summed E-state index contributed by atoms with van der Waals surface area (Å²) < 4.78 is 0. The molecule has 0 radical (unpaired) electrons. The highest BCUT2D eigenvalue weighted by molar-refractivity contribution is 5.59. The van der Waals surface area contributed by atoms with Crippen LogP contribution in [0.25, 0.3) is 0 Å². The van der Waals surface area contributed by atoms with Gasteiger partial charge in [0, 0.05) is 0 Å². The SMILES string of the molecule is CCc1cc(CC2CCCCC2N=C=O)cc(C)c1N=C=O. The summed E-state index contributed by atoms with van der Waals surface area (Å²) in [5, 5.41) is 0. The summed E-state index contributed by atoms with van der Waals surface area (Å²) in [5.41, 5.74) is 4.05. The van der Waals surface area contributed by atoms with E-state index in [0.29, 0.717) is 5.92 Å². The smallest absolute Gasteiger partial charge is 0.211 e. The summed E-state index contributed by atoms with van der Waals surface area (Å²) in [5.74, 6) is 0.403. The van der Waals surface area contributed by atoms with Crippen molar-refractivity contribution in [2.45, 2.75) is 58.4 Å². The predicted molar refractivity (Wildman–Crippen MR) is 85.9 cm³/mol. The highest BCUT2D eigenvalue weighted by Crippen LogP contribution is 2.32. The highest BCUT2D eigenvalue weighted by Gasteiger charge is 2.25. The molecule has 1 aliphatic rings. The minimum Gasteiger partial charge on any atom is -0.211 e. The molecule has 0 aromatic heterocycles. The molecule has 2 unspecified atom stereocenters. The number of nitrogens with zero attached hydrogens (tertiary/aromatic N) is 2. The van der Waals surface area contributed by atoms with Crippen LogP contribution < -0.4 is 0 Å². The second-order valence-electron chi connectivity index (χ2n) is 6.01. The molecule has 0 spiro atoms. The normalized spacial score (nSPS) is 20.8. The molecule has 2 rings (SSSR count). The zero-order valence-corrected chi connectivity index (χ0v) is 13.3. The summed E-state index contributed by atoms with van der Waals surface area (Å²) in [6, 6.07) is 4.31. The molecule has 1 aliphatic carbocycles. The third-order valence-electron chi connectivity index (χ3n) is 4.56. The van der Waals surface area contributed by atoms with Gasteiger partial charge in [-0.2, -0.15) is 4.99 Å². The van der Waals surface area contributed by atoms with Crippen molar-refractivity contribution in [2.24, 2.45) is 15.9 Å². The Morgan fingerprint density at radius 1 is 1.18 bits per heavy atom. The molecule has 22 heavy (non-hydrogen) atoms. The fourth-order valence-electron chi connectivity index (χ4n) is 3.49. The van der Waals surface area contributed by atoms with E-state index in [4.69, 9.17) is 0 Å². The van der Waals surface area contributed by atoms with Gasteiger partial charge in [-0.05, 0) is 55.2 Å². The van der Waals surface area contributed by atoms with Crippen LogP contribution in [0.5, 0.6) is 0 Å². The number of hydrogen-bond acceptors (Lipinski definition) is 4. The maximum absolute atomic E-state index is 10.6. The van der Waals surface area contributed by atoms with Crippen LogP contribution in [0.4, 0.5) is 5.69 Å². The van der Waals surface area contributed by atoms with Gasteiger partial charge in [-0.25, -0.2) is 14.6 Å². The summed E-state index contributed by atoms with van der Waals surface area (Å²) >= 11 is 0. The van der Waals surface area contributed by atoms with E-state index < -0.39 is 0 Å². The summed E-state index contributed by atoms with van der Waals surface area (Å²) in [6.07, 6.45) is 9.53. The number of carbonyl (C=O) groups excluding carboxylic acids is 2. The second-order valence-corrected chi connectivity index (χ2v) is 6.01. The standard InChI is InChI=1S/C18H22N2O2/c1-3-15-9-14(8-13(2)18(15)20-12-22)10-16-6-4-5-7-17(16)19-11-21/h8-9,16-17H,3-7,10H2,1-2H3. The molecule has 2 atom stereocenters. The third-order valence-corrected chi connectivity index (χ3v) is 4.56. The van der Waals surface area contributed by atoms with Gasteiger partial charge in [0.1, 0.15) is 0 Å². The first-order valence-electron chi connectivity index (χ1n) is 7.96. The van der Waals surface area contributed by atoms with Crippen LogP contribution in [-0.2, 0) is 22.4 Å². The van der Waals surface area contributed by atoms with Crippen LogP contribution >= 0.6 is 0 Å². The highest BCUT2D eigenvalue weighted by atomic mass is 16.1. The number of isocyanates is 2. The topological polar surface area (TPSA) is 58.9 Å². The molecule has 1 aromatic carbocycles. The van der Waals surface area contributed by atoms with Gasteiger partial charge in [0.15, 0.2) is 0 Å². The molecule has 1 fully saturated rings. The average Bonchev–Trinajstić information content (AvgIpc) is 2.52. The lowest BCUT2D eigenvalue weighted by molar-refractivity contribution is 0.307. The first-order chi connectivity index (χ1) is 10.7. The molecular formula is C18H22N2O2. The largest absolute Gasteiger partial charge is 0.240 e. The van der Waals surface area contributed by atoms with E-state index in [1.165, 1.54) is 12.0 Å². The minimum absolute atomic E-state index is 0.101. The summed E-state index contributed by atoms with van der Waals surface area (Å²) in [4.78, 5) is 29.0. The molecule has 0 amide bonds. The van der Waals surface area contributed by atoms with Crippen molar-refractivity contribution >= 4 is 17.8 Å². The van der Waals surface area contributed by atoms with Gasteiger partial charge in [-0.3, -0.25) is 0 Å². The first-order valence-corrected chi connectivity index (χ1v) is 7.96. The van der Waals surface area contributed by atoms with E-state index in [-0.39, 0.29) is 6.04 Å². The van der Waals surface area contributed by atoms with Gasteiger partial charge in [0.2, 0.25) is 12.2 Å². The third kappa shape index (κ3) is 3.79. The quantitative estimate of drug-likeness (QED) is 0.610. The van der Waals surface area contributed by atoms with Crippen molar-refractivity contribution in [2.75, 3.05) is 0 Å². The van der Waals surface area contributed by atoms with Crippen molar-refractivity contribution in [3.8, 4) is 0 Å². The minimum atomic E-state index is 0.101. The number of rotatable bonds is 5. The lowest BCUT2D eigenvalue weighted by atomic mass is 9.80. The molecule has 0 aliphatic heterocycles. The molecule has 1 saturated carbocycles. The van der Waals surface area contributed by atoms with E-state index >= 15 is 0 Å². The second kappa shape index (κ2) is 7.84. The summed E-state index contributed by atoms with van der Waals surface area (Å²) in [6.45, 7) is 4.03. The Balaban J connectivity index is 2.27. The van der Waals surface area contributed by atoms with Gasteiger partial charge < -0.3 is 0 Å². The van der Waals surface area contributed by atoms with Crippen LogP contribution in [0.2, 0.25) is 0 Å². The molecule has 0 saturated heterocycles. The number of hydrogen-bond donors (Lipinski definition) is 0. The fourth-order valence-corrected chi connectivity index (χ4v) is 3.49. The molecule has 4 nitrogen and oxygen atoms in total. The van der Waals surface area contributed by atoms with Crippen LogP contribution in [0.1, 0.15) is 49.3 Å². The zero-order valence-electron chi connectivity index (χ0n) is 13.3. The lowest BCUT2D eigenvalue weighted by Gasteiger charge is -2.28. The molecule has 0 heterocycles. The average molecular weight is 298 g/mol. The van der Waals surface area contributed by atoms with Crippen LogP contribution in [0, 0.1) is 12.8 Å². The van der Waals surface area contributed by atoms with E-state index in [1.54, 1.807) is 12.2 Å². The van der Waals surface area contributed by atoms with Crippen LogP contribution in [-0.4, -0.2) is 18.2 Å².